The Hall–Kier alpha value is -3.31. The van der Waals surface area contributed by atoms with Crippen LogP contribution in [0.25, 0.3) is 0 Å². The van der Waals surface area contributed by atoms with Crippen LogP contribution in [0.5, 0.6) is 11.5 Å². The second kappa shape index (κ2) is 9.75. The Morgan fingerprint density at radius 1 is 1.03 bits per heavy atom. The fourth-order valence-electron chi connectivity index (χ4n) is 2.18. The molecule has 1 aromatic rings. The zero-order chi connectivity index (χ0) is 21.4. The van der Waals surface area contributed by atoms with Crippen LogP contribution in [0.1, 0.15) is 23.2 Å². The van der Waals surface area contributed by atoms with Crippen LogP contribution >= 0.6 is 0 Å². The number of fused-ring (bicyclic) bond motifs is 1. The zero-order valence-electron chi connectivity index (χ0n) is 15.0. The number of esters is 1. The van der Waals surface area contributed by atoms with E-state index in [1.807, 2.05) is 0 Å². The lowest BCUT2D eigenvalue weighted by atomic mass is 10.1. The van der Waals surface area contributed by atoms with Gasteiger partial charge in [-0.1, -0.05) is 0 Å². The standard InChI is InChI=1S/C17H17F3N2O7/c18-17(19,20)9-21-16(26)22-14(24)8-29-15(25)4-2-11(23)10-1-3-12-13(7-10)28-6-5-27-12/h1,3,7H,2,4-6,8-9H2,(H2,21,22,24,26). The van der Waals surface area contributed by atoms with Crippen molar-refractivity contribution in [1.29, 1.82) is 0 Å². The number of alkyl halides is 3. The number of rotatable bonds is 7. The molecule has 0 radical (unpaired) electrons. The molecule has 0 atom stereocenters. The van der Waals surface area contributed by atoms with E-state index >= 15 is 0 Å². The van der Waals surface area contributed by atoms with Crippen LogP contribution in [0.3, 0.4) is 0 Å². The number of hydrogen-bond acceptors (Lipinski definition) is 7. The molecule has 1 aliphatic rings. The van der Waals surface area contributed by atoms with Crippen LogP contribution in [0.4, 0.5) is 18.0 Å². The minimum absolute atomic E-state index is 0.202. The van der Waals surface area contributed by atoms with Crippen LogP contribution in [0, 0.1) is 0 Å². The molecule has 9 nitrogen and oxygen atoms in total. The number of carbonyl (C=O) groups is 4. The lowest BCUT2D eigenvalue weighted by molar-refractivity contribution is -0.148. The van der Waals surface area contributed by atoms with Gasteiger partial charge in [-0.05, 0) is 18.2 Å². The quantitative estimate of drug-likeness (QED) is 0.507. The molecule has 2 rings (SSSR count). The fraction of sp³-hybridized carbons (Fsp3) is 0.412. The summed E-state index contributed by atoms with van der Waals surface area (Å²) in [5.74, 6) is -1.43. The van der Waals surface area contributed by atoms with E-state index in [0.717, 1.165) is 0 Å². The van der Waals surface area contributed by atoms with Crippen molar-refractivity contribution < 1.29 is 46.6 Å². The van der Waals surface area contributed by atoms with Crippen molar-refractivity contribution in [2.45, 2.75) is 19.0 Å². The van der Waals surface area contributed by atoms with Gasteiger partial charge in [0, 0.05) is 12.0 Å². The predicted molar refractivity (Wildman–Crippen MR) is 89.6 cm³/mol. The van der Waals surface area contributed by atoms with Crippen molar-refractivity contribution >= 4 is 23.7 Å². The average molecular weight is 418 g/mol. The molecule has 1 aliphatic heterocycles. The molecule has 1 aromatic carbocycles. The number of imide groups is 1. The van der Waals surface area contributed by atoms with Crippen LogP contribution in [0.15, 0.2) is 18.2 Å². The van der Waals surface area contributed by atoms with Crippen molar-refractivity contribution in [1.82, 2.24) is 10.6 Å². The first-order valence-electron chi connectivity index (χ1n) is 8.37. The Balaban J connectivity index is 1.69. The molecule has 3 amide bonds. The summed E-state index contributed by atoms with van der Waals surface area (Å²) in [6.07, 6.45) is -5.16. The van der Waals surface area contributed by atoms with Crippen LogP contribution in [-0.4, -0.2) is 56.2 Å². The third kappa shape index (κ3) is 7.68. The smallest absolute Gasteiger partial charge is 0.405 e. The Bertz CT molecular complexity index is 796. The Labute approximate surface area is 162 Å². The number of ether oxygens (including phenoxy) is 3. The molecule has 12 heteroatoms. The summed E-state index contributed by atoms with van der Waals surface area (Å²) < 4.78 is 51.1. The third-order valence-electron chi connectivity index (χ3n) is 3.49. The highest BCUT2D eigenvalue weighted by Gasteiger charge is 2.28. The molecule has 0 saturated heterocycles. The summed E-state index contributed by atoms with van der Waals surface area (Å²) in [5.41, 5.74) is 0.307. The topological polar surface area (TPSA) is 120 Å². The molecule has 0 unspecified atom stereocenters. The van der Waals surface area contributed by atoms with Gasteiger partial charge in [0.2, 0.25) is 0 Å². The van der Waals surface area contributed by atoms with Gasteiger partial charge in [-0.2, -0.15) is 13.2 Å². The van der Waals surface area contributed by atoms with Gasteiger partial charge in [-0.3, -0.25) is 19.7 Å². The van der Waals surface area contributed by atoms with Crippen molar-refractivity contribution in [2.24, 2.45) is 0 Å². The SMILES string of the molecule is O=C(COC(=O)CCC(=O)c1ccc2c(c1)OCCO2)NC(=O)NCC(F)(F)F. The van der Waals surface area contributed by atoms with Gasteiger partial charge in [-0.15, -0.1) is 0 Å². The summed E-state index contributed by atoms with van der Waals surface area (Å²) in [5, 5.41) is 2.99. The van der Waals surface area contributed by atoms with E-state index in [0.29, 0.717) is 30.3 Å². The molecule has 158 valence electrons. The van der Waals surface area contributed by atoms with Crippen LogP contribution in [-0.2, 0) is 14.3 Å². The molecule has 0 saturated carbocycles. The maximum atomic E-state index is 12.1. The van der Waals surface area contributed by atoms with E-state index in [4.69, 9.17) is 9.47 Å². The number of urea groups is 1. The lowest BCUT2D eigenvalue weighted by Crippen LogP contribution is -2.44. The van der Waals surface area contributed by atoms with E-state index in [1.165, 1.54) is 17.4 Å². The number of halogens is 3. The number of Topliss-reactive ketones (excluding diaryl/α,β-unsaturated/α-hetero) is 1. The molecule has 0 bridgehead atoms. The van der Waals surface area contributed by atoms with E-state index in [9.17, 15) is 32.3 Å². The number of benzene rings is 1. The van der Waals surface area contributed by atoms with Crippen molar-refractivity contribution in [2.75, 3.05) is 26.4 Å². The van der Waals surface area contributed by atoms with Gasteiger partial charge < -0.3 is 19.5 Å². The van der Waals surface area contributed by atoms with Crippen LogP contribution < -0.4 is 20.1 Å². The number of ketones is 1. The first-order valence-corrected chi connectivity index (χ1v) is 8.37. The highest BCUT2D eigenvalue weighted by molar-refractivity contribution is 5.98. The molecule has 0 aromatic heterocycles. The molecular formula is C17H17F3N2O7. The van der Waals surface area contributed by atoms with E-state index in [2.05, 4.69) is 4.74 Å². The highest BCUT2D eigenvalue weighted by Crippen LogP contribution is 2.31. The molecule has 0 aliphatic carbocycles. The lowest BCUT2D eigenvalue weighted by Gasteiger charge is -2.18. The normalized spacial score (nSPS) is 12.7. The summed E-state index contributed by atoms with van der Waals surface area (Å²) in [6.45, 7) is -1.73. The second-order valence-corrected chi connectivity index (χ2v) is 5.79. The number of nitrogens with one attached hydrogen (secondary N) is 2. The molecule has 0 fully saturated rings. The van der Waals surface area contributed by atoms with Gasteiger partial charge in [-0.25, -0.2) is 4.79 Å². The molecule has 29 heavy (non-hydrogen) atoms. The minimum atomic E-state index is -4.63. The monoisotopic (exact) mass is 418 g/mol. The van der Waals surface area contributed by atoms with Gasteiger partial charge in [0.25, 0.3) is 5.91 Å². The Morgan fingerprint density at radius 2 is 1.72 bits per heavy atom. The van der Waals surface area contributed by atoms with E-state index in [1.54, 1.807) is 11.4 Å². The largest absolute Gasteiger partial charge is 0.486 e. The Morgan fingerprint density at radius 3 is 2.41 bits per heavy atom. The first kappa shape index (κ1) is 22.0. The minimum Gasteiger partial charge on any atom is -0.486 e. The Kier molecular flexibility index (Phi) is 7.39. The van der Waals surface area contributed by atoms with Gasteiger partial charge in [0.05, 0.1) is 6.42 Å². The van der Waals surface area contributed by atoms with Crippen molar-refractivity contribution in [3.8, 4) is 11.5 Å². The van der Waals surface area contributed by atoms with E-state index in [-0.39, 0.29) is 18.6 Å². The predicted octanol–water partition coefficient (Wildman–Crippen LogP) is 1.35. The molecule has 1 heterocycles. The van der Waals surface area contributed by atoms with Gasteiger partial charge >= 0.3 is 18.2 Å². The molecular weight excluding hydrogens is 401 g/mol. The summed E-state index contributed by atoms with van der Waals surface area (Å²) in [7, 11) is 0. The van der Waals surface area contributed by atoms with Gasteiger partial charge in [0.15, 0.2) is 23.9 Å². The summed E-state index contributed by atoms with van der Waals surface area (Å²) in [4.78, 5) is 46.2. The number of carbonyl (C=O) groups excluding carboxylic acids is 4. The highest BCUT2D eigenvalue weighted by atomic mass is 19.4. The fourth-order valence-corrected chi connectivity index (χ4v) is 2.18. The van der Waals surface area contributed by atoms with Gasteiger partial charge in [0.1, 0.15) is 19.8 Å². The van der Waals surface area contributed by atoms with Crippen molar-refractivity contribution in [3.63, 3.8) is 0 Å². The molecule has 2 N–H and O–H groups in total. The van der Waals surface area contributed by atoms with Crippen molar-refractivity contribution in [3.05, 3.63) is 23.8 Å². The molecule has 0 spiro atoms. The number of hydrogen-bond donors (Lipinski definition) is 2. The number of amides is 3. The zero-order valence-corrected chi connectivity index (χ0v) is 15.0. The third-order valence-corrected chi connectivity index (χ3v) is 3.49. The summed E-state index contributed by atoms with van der Waals surface area (Å²) in [6, 6.07) is 3.22. The average Bonchev–Trinajstić information content (AvgIpc) is 2.68. The maximum Gasteiger partial charge on any atom is 0.405 e. The second-order valence-electron chi connectivity index (χ2n) is 5.79. The summed E-state index contributed by atoms with van der Waals surface area (Å²) >= 11 is 0. The first-order chi connectivity index (χ1) is 13.6. The van der Waals surface area contributed by atoms with E-state index < -0.39 is 37.2 Å². The maximum absolute atomic E-state index is 12.1. The van der Waals surface area contributed by atoms with Crippen LogP contribution in [0.2, 0.25) is 0 Å².